The van der Waals surface area contributed by atoms with Crippen LogP contribution < -0.4 is 5.32 Å². The van der Waals surface area contributed by atoms with Crippen LogP contribution in [0.5, 0.6) is 0 Å². The molecule has 1 N–H and O–H groups in total. The van der Waals surface area contributed by atoms with Gasteiger partial charge in [-0.05, 0) is 19.1 Å². The molecule has 0 atom stereocenters. The lowest BCUT2D eigenvalue weighted by molar-refractivity contribution is 0.607. The smallest absolute Gasteiger partial charge is 0.133 e. The standard InChI is InChI=1S/C15H20N6/c1-3-21-13-7-5-4-6-12(13)18-15(21)10-16-9-8-14-19-17-11-20(14)2/h4-7,11,16H,3,8-10H2,1-2H3. The average molecular weight is 284 g/mol. The van der Waals surface area contributed by atoms with Gasteiger partial charge in [0.2, 0.25) is 0 Å². The van der Waals surface area contributed by atoms with Gasteiger partial charge >= 0.3 is 0 Å². The molecule has 3 rings (SSSR count). The first-order valence-corrected chi connectivity index (χ1v) is 7.27. The Balaban J connectivity index is 1.64. The molecule has 110 valence electrons. The van der Waals surface area contributed by atoms with Gasteiger partial charge in [0.05, 0.1) is 17.6 Å². The van der Waals surface area contributed by atoms with Gasteiger partial charge in [0, 0.05) is 26.6 Å². The van der Waals surface area contributed by atoms with Crippen molar-refractivity contribution in [2.24, 2.45) is 7.05 Å². The van der Waals surface area contributed by atoms with Crippen LogP contribution in [0.1, 0.15) is 18.6 Å². The van der Waals surface area contributed by atoms with Gasteiger partial charge in [0.15, 0.2) is 0 Å². The van der Waals surface area contributed by atoms with Crippen LogP contribution >= 0.6 is 0 Å². The molecule has 0 aliphatic heterocycles. The van der Waals surface area contributed by atoms with E-state index in [1.165, 1.54) is 5.52 Å². The van der Waals surface area contributed by atoms with Crippen LogP contribution in [0.2, 0.25) is 0 Å². The minimum atomic E-state index is 0.764. The van der Waals surface area contributed by atoms with Crippen LogP contribution in [0.3, 0.4) is 0 Å². The summed E-state index contributed by atoms with van der Waals surface area (Å²) in [7, 11) is 1.96. The molecule has 6 heteroatoms. The van der Waals surface area contributed by atoms with Gasteiger partial charge in [-0.1, -0.05) is 12.1 Å². The Morgan fingerprint density at radius 3 is 2.81 bits per heavy atom. The Hall–Kier alpha value is -2.21. The van der Waals surface area contributed by atoms with Crippen molar-refractivity contribution in [2.45, 2.75) is 26.4 Å². The average Bonchev–Trinajstić information content (AvgIpc) is 3.06. The van der Waals surface area contributed by atoms with Gasteiger partial charge < -0.3 is 14.5 Å². The van der Waals surface area contributed by atoms with Crippen molar-refractivity contribution in [1.82, 2.24) is 29.6 Å². The van der Waals surface area contributed by atoms with Crippen molar-refractivity contribution in [2.75, 3.05) is 6.54 Å². The predicted octanol–water partition coefficient (Wildman–Crippen LogP) is 1.52. The summed E-state index contributed by atoms with van der Waals surface area (Å²) in [6.45, 7) is 4.71. The second kappa shape index (κ2) is 6.05. The molecule has 6 nitrogen and oxygen atoms in total. The van der Waals surface area contributed by atoms with E-state index in [1.54, 1.807) is 6.33 Å². The maximum absolute atomic E-state index is 4.70. The number of para-hydroxylation sites is 2. The predicted molar refractivity (Wildman–Crippen MR) is 81.8 cm³/mol. The number of fused-ring (bicyclic) bond motifs is 1. The van der Waals surface area contributed by atoms with Crippen LogP contribution in [0.15, 0.2) is 30.6 Å². The lowest BCUT2D eigenvalue weighted by Gasteiger charge is -2.07. The molecule has 0 bridgehead atoms. The topological polar surface area (TPSA) is 60.6 Å². The van der Waals surface area contributed by atoms with Gasteiger partial charge in [-0.2, -0.15) is 0 Å². The molecule has 3 aromatic rings. The molecular weight excluding hydrogens is 264 g/mol. The maximum atomic E-state index is 4.70. The van der Waals surface area contributed by atoms with Gasteiger partial charge in [0.25, 0.3) is 0 Å². The van der Waals surface area contributed by atoms with Crippen molar-refractivity contribution in [3.8, 4) is 0 Å². The summed E-state index contributed by atoms with van der Waals surface area (Å²) in [6.07, 6.45) is 2.59. The minimum Gasteiger partial charge on any atom is -0.327 e. The molecule has 1 aromatic carbocycles. The molecule has 0 fully saturated rings. The van der Waals surface area contributed by atoms with E-state index in [2.05, 4.69) is 45.2 Å². The third-order valence-electron chi connectivity index (χ3n) is 3.66. The Bertz CT molecular complexity index is 727. The van der Waals surface area contributed by atoms with Crippen molar-refractivity contribution in [3.05, 3.63) is 42.2 Å². The maximum Gasteiger partial charge on any atom is 0.133 e. The normalized spacial score (nSPS) is 11.3. The van der Waals surface area contributed by atoms with E-state index in [0.29, 0.717) is 0 Å². The summed E-state index contributed by atoms with van der Waals surface area (Å²) >= 11 is 0. The summed E-state index contributed by atoms with van der Waals surface area (Å²) in [5.41, 5.74) is 2.26. The number of aryl methyl sites for hydroxylation is 2. The number of hydrogen-bond donors (Lipinski definition) is 1. The fraction of sp³-hybridized carbons (Fsp3) is 0.400. The molecule has 0 aliphatic rings. The molecular formula is C15H20N6. The number of benzene rings is 1. The van der Waals surface area contributed by atoms with Gasteiger partial charge in [-0.3, -0.25) is 0 Å². The largest absolute Gasteiger partial charge is 0.327 e. The quantitative estimate of drug-likeness (QED) is 0.697. The third-order valence-corrected chi connectivity index (χ3v) is 3.66. The summed E-state index contributed by atoms with van der Waals surface area (Å²) in [5, 5.41) is 11.4. The van der Waals surface area contributed by atoms with Crippen LogP contribution in [0, 0.1) is 0 Å². The van der Waals surface area contributed by atoms with Crippen LogP contribution in [-0.2, 0) is 26.6 Å². The zero-order valence-corrected chi connectivity index (χ0v) is 12.5. The number of rotatable bonds is 6. The highest BCUT2D eigenvalue weighted by Crippen LogP contribution is 2.15. The van der Waals surface area contributed by atoms with Crippen molar-refractivity contribution in [3.63, 3.8) is 0 Å². The second-order valence-electron chi connectivity index (χ2n) is 5.05. The lowest BCUT2D eigenvalue weighted by atomic mass is 10.3. The van der Waals surface area contributed by atoms with Gasteiger partial charge in [0.1, 0.15) is 18.0 Å². The first-order valence-electron chi connectivity index (χ1n) is 7.27. The molecule has 2 aromatic heterocycles. The van der Waals surface area contributed by atoms with Crippen LogP contribution in [0.25, 0.3) is 11.0 Å². The lowest BCUT2D eigenvalue weighted by Crippen LogP contribution is -2.20. The number of nitrogens with one attached hydrogen (secondary N) is 1. The van der Waals surface area contributed by atoms with E-state index >= 15 is 0 Å². The highest BCUT2D eigenvalue weighted by molar-refractivity contribution is 5.75. The van der Waals surface area contributed by atoms with E-state index in [4.69, 9.17) is 4.98 Å². The van der Waals surface area contributed by atoms with E-state index in [0.717, 1.165) is 43.2 Å². The Labute approximate surface area is 123 Å². The van der Waals surface area contributed by atoms with Crippen LogP contribution in [0.4, 0.5) is 0 Å². The zero-order chi connectivity index (χ0) is 14.7. The molecule has 0 saturated heterocycles. The van der Waals surface area contributed by atoms with Gasteiger partial charge in [-0.25, -0.2) is 4.98 Å². The molecule has 21 heavy (non-hydrogen) atoms. The Morgan fingerprint density at radius 2 is 2.05 bits per heavy atom. The van der Waals surface area contributed by atoms with Crippen LogP contribution in [-0.4, -0.2) is 30.9 Å². The monoisotopic (exact) mass is 284 g/mol. The number of aromatic nitrogens is 5. The van der Waals surface area contributed by atoms with E-state index in [-0.39, 0.29) is 0 Å². The Kier molecular flexibility index (Phi) is 3.96. The summed E-state index contributed by atoms with van der Waals surface area (Å²) in [4.78, 5) is 4.70. The third kappa shape index (κ3) is 2.80. The zero-order valence-electron chi connectivity index (χ0n) is 12.5. The minimum absolute atomic E-state index is 0.764. The summed E-state index contributed by atoms with van der Waals surface area (Å²) in [5.74, 6) is 2.07. The Morgan fingerprint density at radius 1 is 1.19 bits per heavy atom. The molecule has 0 spiro atoms. The first kappa shape index (κ1) is 13.8. The fourth-order valence-electron chi connectivity index (χ4n) is 2.55. The second-order valence-corrected chi connectivity index (χ2v) is 5.05. The molecule has 2 heterocycles. The van der Waals surface area contributed by atoms with E-state index in [9.17, 15) is 0 Å². The molecule has 0 amide bonds. The molecule has 0 aliphatic carbocycles. The molecule has 0 saturated carbocycles. The molecule has 0 radical (unpaired) electrons. The SMILES string of the molecule is CCn1c(CNCCc2nncn2C)nc2ccccc21. The first-order chi connectivity index (χ1) is 10.3. The summed E-state index contributed by atoms with van der Waals surface area (Å²) in [6, 6.07) is 8.27. The summed E-state index contributed by atoms with van der Waals surface area (Å²) < 4.78 is 4.20. The van der Waals surface area contributed by atoms with E-state index < -0.39 is 0 Å². The van der Waals surface area contributed by atoms with Gasteiger partial charge in [-0.15, -0.1) is 10.2 Å². The number of imidazole rings is 1. The van der Waals surface area contributed by atoms with Crippen molar-refractivity contribution >= 4 is 11.0 Å². The highest BCUT2D eigenvalue weighted by atomic mass is 15.2. The number of hydrogen-bond acceptors (Lipinski definition) is 4. The van der Waals surface area contributed by atoms with Crippen molar-refractivity contribution in [1.29, 1.82) is 0 Å². The molecule has 0 unspecified atom stereocenters. The van der Waals surface area contributed by atoms with E-state index in [1.807, 2.05) is 17.7 Å². The number of nitrogens with zero attached hydrogens (tertiary/aromatic N) is 5. The van der Waals surface area contributed by atoms with Crippen molar-refractivity contribution < 1.29 is 0 Å². The highest BCUT2D eigenvalue weighted by Gasteiger charge is 2.08. The fourth-order valence-corrected chi connectivity index (χ4v) is 2.55.